The lowest BCUT2D eigenvalue weighted by molar-refractivity contribution is 0.114. The van der Waals surface area contributed by atoms with E-state index >= 15 is 0 Å². The first kappa shape index (κ1) is 12.9. The Hall–Kier alpha value is -1.56. The second-order valence-electron chi connectivity index (χ2n) is 4.60. The molecule has 0 radical (unpaired) electrons. The topological polar surface area (TPSA) is 77.5 Å². The predicted octanol–water partition coefficient (Wildman–Crippen LogP) is 0.312. The minimum atomic E-state index is 0.277. The van der Waals surface area contributed by atoms with Gasteiger partial charge in [0.25, 0.3) is 0 Å². The smallest absolute Gasteiger partial charge is 0.189 e. The van der Waals surface area contributed by atoms with Crippen LogP contribution >= 0.6 is 0 Å². The molecular weight excluding hydrogens is 230 g/mol. The van der Waals surface area contributed by atoms with Crippen molar-refractivity contribution in [3.8, 4) is 0 Å². The van der Waals surface area contributed by atoms with Crippen LogP contribution in [0.2, 0.25) is 0 Å². The predicted molar refractivity (Wildman–Crippen MR) is 70.2 cm³/mol. The SMILES string of the molecule is Cc1c(CN=C(N)NCC2CCCO2)cnn1C. The summed E-state index contributed by atoms with van der Waals surface area (Å²) in [5, 5.41) is 7.27. The summed E-state index contributed by atoms with van der Waals surface area (Å²) < 4.78 is 7.34. The van der Waals surface area contributed by atoms with Crippen LogP contribution in [-0.2, 0) is 18.3 Å². The average Bonchev–Trinajstić information content (AvgIpc) is 2.97. The molecule has 6 nitrogen and oxygen atoms in total. The van der Waals surface area contributed by atoms with Crippen molar-refractivity contribution >= 4 is 5.96 Å². The van der Waals surface area contributed by atoms with E-state index in [4.69, 9.17) is 10.5 Å². The summed E-state index contributed by atoms with van der Waals surface area (Å²) >= 11 is 0. The Morgan fingerprint density at radius 3 is 3.17 bits per heavy atom. The number of ether oxygens (including phenoxy) is 1. The molecule has 18 heavy (non-hydrogen) atoms. The fourth-order valence-electron chi connectivity index (χ4n) is 1.95. The first-order chi connectivity index (χ1) is 8.66. The summed E-state index contributed by atoms with van der Waals surface area (Å²) in [7, 11) is 1.92. The number of nitrogens with zero attached hydrogens (tertiary/aromatic N) is 3. The highest BCUT2D eigenvalue weighted by molar-refractivity contribution is 5.77. The van der Waals surface area contributed by atoms with E-state index in [0.717, 1.165) is 37.3 Å². The summed E-state index contributed by atoms with van der Waals surface area (Å²) in [5.41, 5.74) is 8.03. The monoisotopic (exact) mass is 251 g/mol. The molecule has 1 aromatic heterocycles. The Morgan fingerprint density at radius 2 is 2.56 bits per heavy atom. The summed E-state index contributed by atoms with van der Waals surface area (Å²) in [6.07, 6.45) is 4.34. The van der Waals surface area contributed by atoms with Crippen molar-refractivity contribution in [2.24, 2.45) is 17.8 Å². The number of guanidine groups is 1. The van der Waals surface area contributed by atoms with Crippen molar-refractivity contribution in [3.63, 3.8) is 0 Å². The van der Waals surface area contributed by atoms with Crippen LogP contribution in [0.25, 0.3) is 0 Å². The molecule has 0 saturated carbocycles. The van der Waals surface area contributed by atoms with Gasteiger partial charge >= 0.3 is 0 Å². The first-order valence-electron chi connectivity index (χ1n) is 6.29. The number of hydrogen-bond donors (Lipinski definition) is 2. The Bertz CT molecular complexity index is 420. The summed E-state index contributed by atoms with van der Waals surface area (Å²) in [6.45, 7) is 4.18. The van der Waals surface area contributed by atoms with Gasteiger partial charge < -0.3 is 15.8 Å². The molecule has 1 unspecified atom stereocenters. The maximum atomic E-state index is 5.81. The minimum Gasteiger partial charge on any atom is -0.376 e. The van der Waals surface area contributed by atoms with Gasteiger partial charge in [-0.3, -0.25) is 4.68 Å². The highest BCUT2D eigenvalue weighted by Gasteiger charge is 2.14. The van der Waals surface area contributed by atoms with Crippen molar-refractivity contribution in [2.45, 2.75) is 32.4 Å². The molecule has 100 valence electrons. The van der Waals surface area contributed by atoms with Gasteiger partial charge in [0.15, 0.2) is 5.96 Å². The van der Waals surface area contributed by atoms with E-state index in [0.29, 0.717) is 12.5 Å². The number of rotatable bonds is 4. The number of aryl methyl sites for hydroxylation is 1. The van der Waals surface area contributed by atoms with Crippen molar-refractivity contribution < 1.29 is 4.74 Å². The molecule has 1 aromatic rings. The zero-order valence-electron chi connectivity index (χ0n) is 11.0. The number of nitrogens with two attached hydrogens (primary N) is 1. The quantitative estimate of drug-likeness (QED) is 0.596. The molecule has 0 aliphatic carbocycles. The number of hydrogen-bond acceptors (Lipinski definition) is 3. The highest BCUT2D eigenvalue weighted by atomic mass is 16.5. The van der Waals surface area contributed by atoms with Crippen LogP contribution in [0.1, 0.15) is 24.1 Å². The van der Waals surface area contributed by atoms with Crippen LogP contribution in [0.5, 0.6) is 0 Å². The van der Waals surface area contributed by atoms with Crippen molar-refractivity contribution in [1.29, 1.82) is 0 Å². The van der Waals surface area contributed by atoms with E-state index in [1.54, 1.807) is 0 Å². The maximum Gasteiger partial charge on any atom is 0.189 e. The van der Waals surface area contributed by atoms with E-state index in [1.165, 1.54) is 0 Å². The van der Waals surface area contributed by atoms with Gasteiger partial charge in [0.2, 0.25) is 0 Å². The number of aromatic nitrogens is 2. The normalized spacial score (nSPS) is 20.3. The van der Waals surface area contributed by atoms with E-state index in [2.05, 4.69) is 15.4 Å². The Balaban J connectivity index is 1.79. The fourth-order valence-corrected chi connectivity index (χ4v) is 1.95. The van der Waals surface area contributed by atoms with E-state index in [1.807, 2.05) is 24.9 Å². The molecule has 6 heteroatoms. The molecule has 1 fully saturated rings. The maximum absolute atomic E-state index is 5.81. The van der Waals surface area contributed by atoms with Gasteiger partial charge in [0.1, 0.15) is 0 Å². The van der Waals surface area contributed by atoms with Gasteiger partial charge in [0, 0.05) is 31.5 Å². The third kappa shape index (κ3) is 3.22. The highest BCUT2D eigenvalue weighted by Crippen LogP contribution is 2.10. The van der Waals surface area contributed by atoms with Crippen LogP contribution in [0.3, 0.4) is 0 Å². The number of aliphatic imine (C=N–C) groups is 1. The average molecular weight is 251 g/mol. The van der Waals surface area contributed by atoms with Crippen LogP contribution < -0.4 is 11.1 Å². The molecule has 0 amide bonds. The number of nitrogens with one attached hydrogen (secondary N) is 1. The molecule has 0 aromatic carbocycles. The second kappa shape index (κ2) is 5.86. The molecular formula is C12H21N5O. The van der Waals surface area contributed by atoms with Gasteiger partial charge in [-0.05, 0) is 19.8 Å². The van der Waals surface area contributed by atoms with E-state index in [9.17, 15) is 0 Å². The lowest BCUT2D eigenvalue weighted by atomic mass is 10.2. The zero-order chi connectivity index (χ0) is 13.0. The molecule has 2 heterocycles. The van der Waals surface area contributed by atoms with E-state index < -0.39 is 0 Å². The molecule has 1 saturated heterocycles. The molecule has 0 bridgehead atoms. The summed E-state index contributed by atoms with van der Waals surface area (Å²) in [5.74, 6) is 0.466. The standard InChI is InChI=1S/C12H21N5O/c1-9-10(7-16-17(9)2)6-14-12(13)15-8-11-4-3-5-18-11/h7,11H,3-6,8H2,1-2H3,(H3,13,14,15). The van der Waals surface area contributed by atoms with Crippen LogP contribution in [-0.4, -0.2) is 35.0 Å². The Morgan fingerprint density at radius 1 is 1.72 bits per heavy atom. The lowest BCUT2D eigenvalue weighted by Gasteiger charge is -2.10. The van der Waals surface area contributed by atoms with Crippen LogP contribution in [0.15, 0.2) is 11.2 Å². The molecule has 1 aliphatic heterocycles. The van der Waals surface area contributed by atoms with Gasteiger partial charge in [0.05, 0.1) is 18.8 Å². The molecule has 2 rings (SSSR count). The molecule has 3 N–H and O–H groups in total. The van der Waals surface area contributed by atoms with Crippen LogP contribution in [0.4, 0.5) is 0 Å². The van der Waals surface area contributed by atoms with E-state index in [-0.39, 0.29) is 6.10 Å². The Labute approximate surface area is 107 Å². The second-order valence-corrected chi connectivity index (χ2v) is 4.60. The largest absolute Gasteiger partial charge is 0.376 e. The van der Waals surface area contributed by atoms with Crippen LogP contribution in [0, 0.1) is 6.92 Å². The third-order valence-corrected chi connectivity index (χ3v) is 3.29. The first-order valence-corrected chi connectivity index (χ1v) is 6.29. The van der Waals surface area contributed by atoms with Gasteiger partial charge in [-0.1, -0.05) is 0 Å². The lowest BCUT2D eigenvalue weighted by Crippen LogP contribution is -2.37. The van der Waals surface area contributed by atoms with Gasteiger partial charge in [-0.15, -0.1) is 0 Å². The van der Waals surface area contributed by atoms with Gasteiger partial charge in [-0.25, -0.2) is 4.99 Å². The fraction of sp³-hybridized carbons (Fsp3) is 0.667. The third-order valence-electron chi connectivity index (χ3n) is 3.29. The molecule has 0 spiro atoms. The van der Waals surface area contributed by atoms with Crippen molar-refractivity contribution in [3.05, 3.63) is 17.5 Å². The zero-order valence-corrected chi connectivity index (χ0v) is 11.0. The summed E-state index contributed by atoms with van der Waals surface area (Å²) in [6, 6.07) is 0. The van der Waals surface area contributed by atoms with Crippen molar-refractivity contribution in [1.82, 2.24) is 15.1 Å². The Kier molecular flexibility index (Phi) is 4.19. The summed E-state index contributed by atoms with van der Waals surface area (Å²) in [4.78, 5) is 4.30. The van der Waals surface area contributed by atoms with Gasteiger partial charge in [-0.2, -0.15) is 5.10 Å². The van der Waals surface area contributed by atoms with Crippen molar-refractivity contribution in [2.75, 3.05) is 13.2 Å². The molecule has 1 aliphatic rings. The molecule has 1 atom stereocenters. The minimum absolute atomic E-state index is 0.277.